The zero-order chi connectivity index (χ0) is 14.1. The second-order valence-electron chi connectivity index (χ2n) is 4.59. The third-order valence-corrected chi connectivity index (χ3v) is 3.27. The highest BCUT2D eigenvalue weighted by molar-refractivity contribution is 6.05. The molecule has 0 bridgehead atoms. The molecule has 0 aliphatic carbocycles. The summed E-state index contributed by atoms with van der Waals surface area (Å²) >= 11 is 0. The van der Waals surface area contributed by atoms with Crippen LogP contribution in [0.3, 0.4) is 0 Å². The molecule has 0 radical (unpaired) electrons. The van der Waals surface area contributed by atoms with Crippen molar-refractivity contribution in [3.05, 3.63) is 54.0 Å². The number of aryl methyl sites for hydroxylation is 2. The maximum atomic E-state index is 12.2. The zero-order valence-corrected chi connectivity index (χ0v) is 11.3. The van der Waals surface area contributed by atoms with Crippen LogP contribution in [0.25, 0.3) is 11.0 Å². The molecule has 3 rings (SSSR count). The van der Waals surface area contributed by atoms with Crippen LogP contribution in [-0.4, -0.2) is 20.4 Å². The van der Waals surface area contributed by atoms with Crippen LogP contribution in [0.1, 0.15) is 16.2 Å². The second-order valence-corrected chi connectivity index (χ2v) is 4.59. The number of carbonyl (C=O) groups is 1. The van der Waals surface area contributed by atoms with Gasteiger partial charge in [0.15, 0.2) is 0 Å². The Labute approximate surface area is 116 Å². The fraction of sp³-hybridized carbons (Fsp3) is 0.133. The molecule has 3 aromatic rings. The number of pyridine rings is 1. The fourth-order valence-corrected chi connectivity index (χ4v) is 2.09. The van der Waals surface area contributed by atoms with E-state index >= 15 is 0 Å². The first-order valence-corrected chi connectivity index (χ1v) is 6.30. The lowest BCUT2D eigenvalue weighted by Crippen LogP contribution is -2.12. The van der Waals surface area contributed by atoms with Crippen LogP contribution in [0.15, 0.2) is 42.6 Å². The van der Waals surface area contributed by atoms with E-state index in [-0.39, 0.29) is 5.91 Å². The summed E-state index contributed by atoms with van der Waals surface area (Å²) in [5.74, 6) is 1.27. The number of amides is 1. The van der Waals surface area contributed by atoms with Crippen molar-refractivity contribution in [1.29, 1.82) is 0 Å². The number of rotatable bonds is 2. The number of hydrogen-bond donors (Lipinski definition) is 1. The number of anilines is 1. The van der Waals surface area contributed by atoms with Gasteiger partial charge >= 0.3 is 0 Å². The molecular weight excluding hydrogens is 252 g/mol. The molecule has 0 aliphatic heterocycles. The maximum Gasteiger partial charge on any atom is 0.256 e. The molecule has 0 atom stereocenters. The zero-order valence-electron chi connectivity index (χ0n) is 11.3. The van der Waals surface area contributed by atoms with E-state index in [1.54, 1.807) is 30.5 Å². The van der Waals surface area contributed by atoms with E-state index in [1.165, 1.54) is 0 Å². The van der Waals surface area contributed by atoms with Gasteiger partial charge in [-0.2, -0.15) is 0 Å². The molecule has 0 aliphatic rings. The molecule has 5 nitrogen and oxygen atoms in total. The second kappa shape index (κ2) is 4.77. The molecule has 20 heavy (non-hydrogen) atoms. The average Bonchev–Trinajstić information content (AvgIpc) is 2.74. The molecule has 5 heteroatoms. The van der Waals surface area contributed by atoms with Crippen LogP contribution in [0.5, 0.6) is 0 Å². The third kappa shape index (κ3) is 2.14. The number of hydrogen-bond acceptors (Lipinski definition) is 3. The first-order chi connectivity index (χ1) is 9.65. The Bertz CT molecular complexity index is 777. The van der Waals surface area contributed by atoms with Crippen molar-refractivity contribution in [2.75, 3.05) is 5.32 Å². The molecule has 0 spiro atoms. The quantitative estimate of drug-likeness (QED) is 0.775. The van der Waals surface area contributed by atoms with Crippen LogP contribution in [-0.2, 0) is 7.05 Å². The minimum atomic E-state index is -0.186. The number of aromatic nitrogens is 3. The van der Waals surface area contributed by atoms with Gasteiger partial charge in [-0.3, -0.25) is 4.79 Å². The Kier molecular flexibility index (Phi) is 2.95. The predicted octanol–water partition coefficient (Wildman–Crippen LogP) is 2.53. The number of fused-ring (bicyclic) bond motifs is 1. The lowest BCUT2D eigenvalue weighted by Gasteiger charge is -2.04. The lowest BCUT2D eigenvalue weighted by molar-refractivity contribution is 0.102. The first-order valence-electron chi connectivity index (χ1n) is 6.30. The summed E-state index contributed by atoms with van der Waals surface area (Å²) in [6.07, 6.45) is 1.64. The van der Waals surface area contributed by atoms with Crippen LogP contribution >= 0.6 is 0 Å². The molecule has 1 N–H and O–H groups in total. The Hall–Kier alpha value is -2.69. The van der Waals surface area contributed by atoms with Crippen LogP contribution in [0.4, 0.5) is 5.82 Å². The molecule has 1 aromatic carbocycles. The summed E-state index contributed by atoms with van der Waals surface area (Å²) < 4.78 is 2.00. The van der Waals surface area contributed by atoms with Crippen molar-refractivity contribution in [2.24, 2.45) is 7.05 Å². The summed E-state index contributed by atoms with van der Waals surface area (Å²) in [6, 6.07) is 10.9. The smallest absolute Gasteiger partial charge is 0.256 e. The van der Waals surface area contributed by atoms with E-state index in [2.05, 4.69) is 15.3 Å². The monoisotopic (exact) mass is 266 g/mol. The molecular formula is C15H14N4O. The number of carbonyl (C=O) groups excluding carboxylic acids is 1. The standard InChI is InChI=1S/C15H14N4O/c1-10-17-12-9-11(6-7-13(12)19(10)2)15(20)18-14-5-3-4-8-16-14/h3-9H,1-2H3,(H,16,18,20). The van der Waals surface area contributed by atoms with Gasteiger partial charge in [0.2, 0.25) is 0 Å². The van der Waals surface area contributed by atoms with Gasteiger partial charge < -0.3 is 9.88 Å². The summed E-state index contributed by atoms with van der Waals surface area (Å²) in [5, 5.41) is 2.76. The molecule has 0 fully saturated rings. The molecule has 100 valence electrons. The van der Waals surface area contributed by atoms with E-state index in [4.69, 9.17) is 0 Å². The SMILES string of the molecule is Cc1nc2cc(C(=O)Nc3ccccn3)ccc2n1C. The van der Waals surface area contributed by atoms with E-state index in [0.29, 0.717) is 11.4 Å². The van der Waals surface area contributed by atoms with Crippen molar-refractivity contribution < 1.29 is 4.79 Å². The van der Waals surface area contributed by atoms with Gasteiger partial charge in [0, 0.05) is 18.8 Å². The van der Waals surface area contributed by atoms with E-state index < -0.39 is 0 Å². The molecule has 0 saturated carbocycles. The van der Waals surface area contributed by atoms with Crippen LogP contribution in [0.2, 0.25) is 0 Å². The number of imidazole rings is 1. The molecule has 1 amide bonds. The summed E-state index contributed by atoms with van der Waals surface area (Å²) in [5.41, 5.74) is 2.40. The minimum absolute atomic E-state index is 0.186. The fourth-order valence-electron chi connectivity index (χ4n) is 2.09. The minimum Gasteiger partial charge on any atom is -0.331 e. The third-order valence-electron chi connectivity index (χ3n) is 3.27. The van der Waals surface area contributed by atoms with Gasteiger partial charge in [-0.05, 0) is 37.3 Å². The molecule has 2 heterocycles. The maximum absolute atomic E-state index is 12.2. The number of nitrogens with one attached hydrogen (secondary N) is 1. The van der Waals surface area contributed by atoms with Gasteiger partial charge in [0.25, 0.3) is 5.91 Å². The van der Waals surface area contributed by atoms with Crippen molar-refractivity contribution >= 4 is 22.8 Å². The van der Waals surface area contributed by atoms with Gasteiger partial charge in [0.05, 0.1) is 11.0 Å². The van der Waals surface area contributed by atoms with Crippen molar-refractivity contribution in [3.63, 3.8) is 0 Å². The number of nitrogens with zero attached hydrogens (tertiary/aromatic N) is 3. The van der Waals surface area contributed by atoms with E-state index in [9.17, 15) is 4.79 Å². The highest BCUT2D eigenvalue weighted by atomic mass is 16.1. The van der Waals surface area contributed by atoms with E-state index in [1.807, 2.05) is 30.7 Å². The largest absolute Gasteiger partial charge is 0.331 e. The predicted molar refractivity (Wildman–Crippen MR) is 77.6 cm³/mol. The Balaban J connectivity index is 1.92. The number of benzene rings is 1. The lowest BCUT2D eigenvalue weighted by atomic mass is 10.2. The van der Waals surface area contributed by atoms with Gasteiger partial charge in [-0.15, -0.1) is 0 Å². The summed E-state index contributed by atoms with van der Waals surface area (Å²) in [7, 11) is 1.96. The first kappa shape index (κ1) is 12.3. The normalized spacial score (nSPS) is 10.7. The highest BCUT2D eigenvalue weighted by Gasteiger charge is 2.10. The summed E-state index contributed by atoms with van der Waals surface area (Å²) in [4.78, 5) is 20.7. The summed E-state index contributed by atoms with van der Waals surface area (Å²) in [6.45, 7) is 1.94. The highest BCUT2D eigenvalue weighted by Crippen LogP contribution is 2.17. The average molecular weight is 266 g/mol. The van der Waals surface area contributed by atoms with Gasteiger partial charge in [0.1, 0.15) is 11.6 Å². The molecule has 0 saturated heterocycles. The molecule has 0 unspecified atom stereocenters. The van der Waals surface area contributed by atoms with Gasteiger partial charge in [-0.25, -0.2) is 9.97 Å². The van der Waals surface area contributed by atoms with Crippen molar-refractivity contribution in [1.82, 2.24) is 14.5 Å². The molecule has 2 aromatic heterocycles. The van der Waals surface area contributed by atoms with Crippen molar-refractivity contribution in [3.8, 4) is 0 Å². The Morgan fingerprint density at radius 3 is 2.85 bits per heavy atom. The van der Waals surface area contributed by atoms with E-state index in [0.717, 1.165) is 16.9 Å². The van der Waals surface area contributed by atoms with Crippen LogP contribution < -0.4 is 5.32 Å². The Morgan fingerprint density at radius 2 is 2.10 bits per heavy atom. The topological polar surface area (TPSA) is 59.8 Å². The van der Waals surface area contributed by atoms with Gasteiger partial charge in [-0.1, -0.05) is 6.07 Å². The van der Waals surface area contributed by atoms with Crippen molar-refractivity contribution in [2.45, 2.75) is 6.92 Å². The Morgan fingerprint density at radius 1 is 1.25 bits per heavy atom. The van der Waals surface area contributed by atoms with Crippen LogP contribution in [0, 0.1) is 6.92 Å².